The average Bonchev–Trinajstić information content (AvgIpc) is 2.58. The van der Waals surface area contributed by atoms with Crippen molar-refractivity contribution in [1.29, 1.82) is 0 Å². The minimum Gasteiger partial charge on any atom is -0.342 e. The molecular weight excluding hydrogens is 172 g/mol. The summed E-state index contributed by atoms with van der Waals surface area (Å²) in [4.78, 5) is 13.5. The van der Waals surface area contributed by atoms with Crippen molar-refractivity contribution in [3.8, 4) is 0 Å². The van der Waals surface area contributed by atoms with Gasteiger partial charge in [0.05, 0.1) is 6.04 Å². The van der Waals surface area contributed by atoms with Crippen molar-refractivity contribution in [2.24, 2.45) is 0 Å². The van der Waals surface area contributed by atoms with Gasteiger partial charge in [-0.3, -0.25) is 10.1 Å². The van der Waals surface area contributed by atoms with Gasteiger partial charge >= 0.3 is 0 Å². The molecule has 3 nitrogen and oxygen atoms in total. The fraction of sp³-hybridized carbons (Fsp3) is 0.875. The van der Waals surface area contributed by atoms with Gasteiger partial charge in [0.25, 0.3) is 0 Å². The Balaban J connectivity index is 2.43. The van der Waals surface area contributed by atoms with Crippen LogP contribution in [0.3, 0.4) is 0 Å². The largest absolute Gasteiger partial charge is 0.342 e. The van der Waals surface area contributed by atoms with E-state index in [1.54, 1.807) is 11.8 Å². The summed E-state index contributed by atoms with van der Waals surface area (Å²) in [7, 11) is 0. The molecule has 1 atom stereocenters. The van der Waals surface area contributed by atoms with Crippen LogP contribution in [0.2, 0.25) is 0 Å². The molecule has 1 aliphatic rings. The molecule has 0 saturated carbocycles. The molecule has 0 spiro atoms. The van der Waals surface area contributed by atoms with Gasteiger partial charge in [-0.1, -0.05) is 0 Å². The van der Waals surface area contributed by atoms with Gasteiger partial charge in [-0.25, -0.2) is 0 Å². The minimum atomic E-state index is 0.0647. The third kappa shape index (κ3) is 2.14. The van der Waals surface area contributed by atoms with E-state index in [1.807, 2.05) is 18.7 Å². The van der Waals surface area contributed by atoms with Crippen LogP contribution in [0.4, 0.5) is 0 Å². The molecule has 0 aromatic carbocycles. The Kier molecular flexibility index (Phi) is 3.88. The summed E-state index contributed by atoms with van der Waals surface area (Å²) >= 11 is 1.79. The zero-order chi connectivity index (χ0) is 8.97. The molecule has 0 unspecified atom stereocenters. The quantitative estimate of drug-likeness (QED) is 0.700. The monoisotopic (exact) mass is 188 g/mol. The normalized spacial score (nSPS) is 22.7. The van der Waals surface area contributed by atoms with Crippen LogP contribution in [-0.2, 0) is 4.79 Å². The number of thioether (sulfide) groups is 1. The molecule has 1 rings (SSSR count). The van der Waals surface area contributed by atoms with Crippen LogP contribution >= 0.6 is 11.8 Å². The summed E-state index contributed by atoms with van der Waals surface area (Å²) in [5.74, 6) is 2.09. The lowest BCUT2D eigenvalue weighted by atomic mass is 10.3. The SMILES string of the molecule is CCN(CC)C(=O)[C@@H]1CSCN1. The molecule has 0 aliphatic carbocycles. The maximum Gasteiger partial charge on any atom is 0.240 e. The minimum absolute atomic E-state index is 0.0647. The number of nitrogens with zero attached hydrogens (tertiary/aromatic N) is 1. The molecule has 70 valence electrons. The third-order valence-corrected chi connectivity index (χ3v) is 3.03. The van der Waals surface area contributed by atoms with E-state index in [2.05, 4.69) is 5.32 Å². The van der Waals surface area contributed by atoms with Gasteiger partial charge in [0.2, 0.25) is 5.91 Å². The predicted octanol–water partition coefficient (Wildman–Crippen LogP) is 0.517. The van der Waals surface area contributed by atoms with E-state index in [1.165, 1.54) is 0 Å². The van der Waals surface area contributed by atoms with Crippen LogP contribution in [0, 0.1) is 0 Å². The number of nitrogens with one attached hydrogen (secondary N) is 1. The van der Waals surface area contributed by atoms with Gasteiger partial charge in [0, 0.05) is 24.7 Å². The zero-order valence-corrected chi connectivity index (χ0v) is 8.49. The van der Waals surface area contributed by atoms with Crippen molar-refractivity contribution in [2.75, 3.05) is 24.7 Å². The fourth-order valence-electron chi connectivity index (χ4n) is 1.31. The summed E-state index contributed by atoms with van der Waals surface area (Å²) in [6.07, 6.45) is 0. The number of likely N-dealkylation sites (N-methyl/N-ethyl adjacent to an activating group) is 1. The van der Waals surface area contributed by atoms with E-state index in [9.17, 15) is 4.79 Å². The summed E-state index contributed by atoms with van der Waals surface area (Å²) < 4.78 is 0. The number of amides is 1. The number of carbonyl (C=O) groups excluding carboxylic acids is 1. The van der Waals surface area contributed by atoms with Crippen molar-refractivity contribution in [3.05, 3.63) is 0 Å². The van der Waals surface area contributed by atoms with E-state index in [4.69, 9.17) is 0 Å². The Labute approximate surface area is 77.9 Å². The lowest BCUT2D eigenvalue weighted by Gasteiger charge is -2.21. The van der Waals surface area contributed by atoms with E-state index in [-0.39, 0.29) is 11.9 Å². The lowest BCUT2D eigenvalue weighted by Crippen LogP contribution is -2.44. The first-order valence-electron chi connectivity index (χ1n) is 4.39. The van der Waals surface area contributed by atoms with Gasteiger partial charge in [0.1, 0.15) is 0 Å². The van der Waals surface area contributed by atoms with Crippen LogP contribution < -0.4 is 5.32 Å². The van der Waals surface area contributed by atoms with Crippen molar-refractivity contribution in [3.63, 3.8) is 0 Å². The number of hydrogen-bond acceptors (Lipinski definition) is 3. The molecule has 1 saturated heterocycles. The molecule has 1 N–H and O–H groups in total. The molecule has 1 aliphatic heterocycles. The number of carbonyl (C=O) groups is 1. The van der Waals surface area contributed by atoms with E-state index < -0.39 is 0 Å². The molecule has 0 aromatic heterocycles. The van der Waals surface area contributed by atoms with Crippen molar-refractivity contribution < 1.29 is 4.79 Å². The lowest BCUT2D eigenvalue weighted by molar-refractivity contribution is -0.132. The van der Waals surface area contributed by atoms with Crippen molar-refractivity contribution in [1.82, 2.24) is 10.2 Å². The summed E-state index contributed by atoms with van der Waals surface area (Å²) in [5.41, 5.74) is 0. The molecule has 0 aromatic rings. The molecule has 12 heavy (non-hydrogen) atoms. The highest BCUT2D eigenvalue weighted by Gasteiger charge is 2.25. The topological polar surface area (TPSA) is 32.3 Å². The molecule has 1 amide bonds. The van der Waals surface area contributed by atoms with E-state index in [0.29, 0.717) is 0 Å². The number of hydrogen-bond donors (Lipinski definition) is 1. The Morgan fingerprint density at radius 3 is 2.67 bits per heavy atom. The molecule has 0 bridgehead atoms. The van der Waals surface area contributed by atoms with Gasteiger partial charge in [-0.2, -0.15) is 0 Å². The standard InChI is InChI=1S/C8H16N2OS/c1-3-10(4-2)8(11)7-5-12-6-9-7/h7,9H,3-6H2,1-2H3/t7-/m0/s1. The van der Waals surface area contributed by atoms with Crippen molar-refractivity contribution >= 4 is 17.7 Å². The average molecular weight is 188 g/mol. The molecule has 0 radical (unpaired) electrons. The summed E-state index contributed by atoms with van der Waals surface area (Å²) in [6, 6.07) is 0.0647. The Hall–Kier alpha value is -0.220. The van der Waals surface area contributed by atoms with Crippen LogP contribution in [0.15, 0.2) is 0 Å². The van der Waals surface area contributed by atoms with E-state index >= 15 is 0 Å². The second-order valence-electron chi connectivity index (χ2n) is 2.78. The second-order valence-corrected chi connectivity index (χ2v) is 3.81. The Morgan fingerprint density at radius 2 is 2.25 bits per heavy atom. The second kappa shape index (κ2) is 4.72. The first-order chi connectivity index (χ1) is 5.79. The van der Waals surface area contributed by atoms with Gasteiger partial charge in [0.15, 0.2) is 0 Å². The molecule has 1 fully saturated rings. The Morgan fingerprint density at radius 1 is 1.58 bits per heavy atom. The first-order valence-corrected chi connectivity index (χ1v) is 5.55. The molecular formula is C8H16N2OS. The van der Waals surface area contributed by atoms with Gasteiger partial charge in [-0.05, 0) is 13.8 Å². The summed E-state index contributed by atoms with van der Waals surface area (Å²) in [5, 5.41) is 3.18. The van der Waals surface area contributed by atoms with E-state index in [0.717, 1.165) is 24.7 Å². The van der Waals surface area contributed by atoms with Crippen LogP contribution in [0.5, 0.6) is 0 Å². The van der Waals surface area contributed by atoms with Gasteiger partial charge in [-0.15, -0.1) is 11.8 Å². The van der Waals surface area contributed by atoms with Crippen LogP contribution in [0.1, 0.15) is 13.8 Å². The van der Waals surface area contributed by atoms with Crippen LogP contribution in [0.25, 0.3) is 0 Å². The number of rotatable bonds is 3. The summed E-state index contributed by atoms with van der Waals surface area (Å²) in [6.45, 7) is 5.67. The predicted molar refractivity (Wildman–Crippen MR) is 52.2 cm³/mol. The van der Waals surface area contributed by atoms with Crippen molar-refractivity contribution in [2.45, 2.75) is 19.9 Å². The third-order valence-electron chi connectivity index (χ3n) is 2.09. The Bertz CT molecular complexity index is 149. The van der Waals surface area contributed by atoms with Crippen LogP contribution in [-0.4, -0.2) is 41.6 Å². The highest BCUT2D eigenvalue weighted by Crippen LogP contribution is 2.11. The highest BCUT2D eigenvalue weighted by molar-refractivity contribution is 7.99. The van der Waals surface area contributed by atoms with Gasteiger partial charge < -0.3 is 4.90 Å². The fourth-order valence-corrected chi connectivity index (χ4v) is 2.24. The highest BCUT2D eigenvalue weighted by atomic mass is 32.2. The maximum absolute atomic E-state index is 11.7. The molecule has 4 heteroatoms. The maximum atomic E-state index is 11.7. The smallest absolute Gasteiger partial charge is 0.240 e. The first kappa shape index (κ1) is 9.86. The molecule has 1 heterocycles. The zero-order valence-electron chi connectivity index (χ0n) is 7.67.